The van der Waals surface area contributed by atoms with Crippen molar-refractivity contribution in [2.45, 2.75) is 38.5 Å². The van der Waals surface area contributed by atoms with Crippen LogP contribution in [0.3, 0.4) is 0 Å². The van der Waals surface area contributed by atoms with E-state index in [1.807, 2.05) is 4.90 Å². The number of hydrogen-bond acceptors (Lipinski definition) is 3. The molecule has 4 rings (SSSR count). The molecule has 0 aliphatic carbocycles. The molecule has 1 N–H and O–H groups in total. The second-order valence-corrected chi connectivity index (χ2v) is 8.53. The van der Waals surface area contributed by atoms with Crippen LogP contribution in [0.2, 0.25) is 5.02 Å². The number of benzene rings is 2. The third-order valence-corrected chi connectivity index (χ3v) is 6.21. The van der Waals surface area contributed by atoms with Crippen LogP contribution in [0.15, 0.2) is 24.3 Å². The zero-order valence-corrected chi connectivity index (χ0v) is 18.1. The first-order chi connectivity index (χ1) is 15.5. The number of carboxylic acids is 1. The molecule has 0 unspecified atom stereocenters. The molecule has 0 amide bonds. The van der Waals surface area contributed by atoms with E-state index in [4.69, 9.17) is 16.7 Å². The first kappa shape index (κ1) is 23.4. The van der Waals surface area contributed by atoms with E-state index >= 15 is 0 Å². The Morgan fingerprint density at radius 3 is 2.45 bits per heavy atom. The van der Waals surface area contributed by atoms with Gasteiger partial charge in [0.15, 0.2) is 0 Å². The largest absolute Gasteiger partial charge is 0.478 e. The smallest absolute Gasteiger partial charge is 0.416 e. The molecule has 3 aromatic rings. The van der Waals surface area contributed by atoms with Crippen molar-refractivity contribution in [3.63, 3.8) is 0 Å². The molecular formula is C22H19ClF5N3O2. The number of nitrogens with zero attached hydrogens (tertiary/aromatic N) is 3. The molecule has 0 saturated carbocycles. The summed E-state index contributed by atoms with van der Waals surface area (Å²) in [7, 11) is 0. The van der Waals surface area contributed by atoms with Crippen molar-refractivity contribution in [2.75, 3.05) is 13.1 Å². The van der Waals surface area contributed by atoms with E-state index < -0.39 is 39.9 Å². The number of aromatic nitrogens is 2. The van der Waals surface area contributed by atoms with Gasteiger partial charge in [0.1, 0.15) is 11.6 Å². The Hall–Kier alpha value is -2.72. The van der Waals surface area contributed by atoms with Gasteiger partial charge >= 0.3 is 12.1 Å². The number of aryl methyl sites for hydroxylation is 1. The van der Waals surface area contributed by atoms with Crippen LogP contribution < -0.4 is 0 Å². The number of fused-ring (bicyclic) bond motifs is 1. The molecule has 2 aromatic carbocycles. The van der Waals surface area contributed by atoms with Crippen LogP contribution >= 0.6 is 11.6 Å². The van der Waals surface area contributed by atoms with Crippen LogP contribution in [-0.2, 0) is 12.7 Å². The second-order valence-electron chi connectivity index (χ2n) is 8.12. The monoisotopic (exact) mass is 487 g/mol. The summed E-state index contributed by atoms with van der Waals surface area (Å²) in [6, 6.07) is 3.65. The third-order valence-electron chi connectivity index (χ3n) is 5.94. The second kappa shape index (κ2) is 8.57. The maximum absolute atomic E-state index is 14.4. The number of halogens is 6. The summed E-state index contributed by atoms with van der Waals surface area (Å²) in [6.07, 6.45) is -3.53. The third kappa shape index (κ3) is 4.54. The number of piperidine rings is 1. The minimum atomic E-state index is -4.63. The van der Waals surface area contributed by atoms with Gasteiger partial charge in [-0.2, -0.15) is 18.3 Å². The summed E-state index contributed by atoms with van der Waals surface area (Å²) in [5.41, 5.74) is -0.515. The van der Waals surface area contributed by atoms with E-state index in [-0.39, 0.29) is 18.2 Å². The lowest BCUT2D eigenvalue weighted by molar-refractivity contribution is -0.137. The Morgan fingerprint density at radius 1 is 1.18 bits per heavy atom. The van der Waals surface area contributed by atoms with E-state index in [9.17, 15) is 26.7 Å². The minimum Gasteiger partial charge on any atom is -0.478 e. The number of hydrogen-bond donors (Lipinski definition) is 1. The fourth-order valence-corrected chi connectivity index (χ4v) is 4.48. The van der Waals surface area contributed by atoms with Crippen molar-refractivity contribution < 1.29 is 31.9 Å². The van der Waals surface area contributed by atoms with Gasteiger partial charge in [-0.1, -0.05) is 11.6 Å². The van der Waals surface area contributed by atoms with Gasteiger partial charge in [0, 0.05) is 36.7 Å². The molecule has 176 valence electrons. The van der Waals surface area contributed by atoms with E-state index in [2.05, 4.69) is 5.10 Å². The summed E-state index contributed by atoms with van der Waals surface area (Å²) >= 11 is 5.67. The Labute approximate surface area is 190 Å². The van der Waals surface area contributed by atoms with Gasteiger partial charge in [-0.15, -0.1) is 0 Å². The molecule has 33 heavy (non-hydrogen) atoms. The molecule has 5 nitrogen and oxygen atoms in total. The van der Waals surface area contributed by atoms with Crippen LogP contribution in [0, 0.1) is 18.6 Å². The average molecular weight is 488 g/mol. The lowest BCUT2D eigenvalue weighted by atomic mass is 10.0. The summed E-state index contributed by atoms with van der Waals surface area (Å²) < 4.78 is 69.5. The van der Waals surface area contributed by atoms with Crippen LogP contribution in [0.5, 0.6) is 0 Å². The molecule has 1 saturated heterocycles. The Kier molecular flexibility index (Phi) is 6.09. The fourth-order valence-electron chi connectivity index (χ4n) is 4.24. The zero-order chi connectivity index (χ0) is 24.1. The highest BCUT2D eigenvalue weighted by molar-refractivity contribution is 6.30. The Morgan fingerprint density at radius 2 is 1.85 bits per heavy atom. The van der Waals surface area contributed by atoms with Gasteiger partial charge in [0.05, 0.1) is 33.4 Å². The highest BCUT2D eigenvalue weighted by Gasteiger charge is 2.33. The highest BCUT2D eigenvalue weighted by Crippen LogP contribution is 2.35. The standard InChI is InChI=1S/C22H19ClF5N3O2/c1-11-15-8-16(21(32)33)18(24)9-19(15)31(29-11)14-2-4-30(5-3-14)10-12-6-13(22(26,27)28)7-17(23)20(12)25/h6-9,14H,2-5,10H2,1H3,(H,32,33). The Balaban J connectivity index is 1.52. The van der Waals surface area contributed by atoms with Crippen molar-refractivity contribution in [3.05, 3.63) is 63.3 Å². The number of aromatic carboxylic acids is 1. The van der Waals surface area contributed by atoms with Crippen molar-refractivity contribution in [2.24, 2.45) is 0 Å². The summed E-state index contributed by atoms with van der Waals surface area (Å²) in [5.74, 6) is -3.09. The minimum absolute atomic E-state index is 0.0301. The topological polar surface area (TPSA) is 58.4 Å². The number of rotatable bonds is 4. The predicted molar refractivity (Wildman–Crippen MR) is 111 cm³/mol. The molecule has 0 spiro atoms. The lowest BCUT2D eigenvalue weighted by Crippen LogP contribution is -2.34. The molecule has 1 aliphatic heterocycles. The van der Waals surface area contributed by atoms with E-state index in [0.29, 0.717) is 48.6 Å². The maximum Gasteiger partial charge on any atom is 0.416 e. The van der Waals surface area contributed by atoms with Crippen molar-refractivity contribution >= 4 is 28.5 Å². The molecule has 0 bridgehead atoms. The molecular weight excluding hydrogens is 469 g/mol. The average Bonchev–Trinajstić information content (AvgIpc) is 3.05. The van der Waals surface area contributed by atoms with Crippen molar-refractivity contribution in [1.82, 2.24) is 14.7 Å². The van der Waals surface area contributed by atoms with Crippen LogP contribution in [0.25, 0.3) is 10.9 Å². The normalized spacial score (nSPS) is 16.0. The lowest BCUT2D eigenvalue weighted by Gasteiger charge is -2.32. The summed E-state index contributed by atoms with van der Waals surface area (Å²) in [4.78, 5) is 13.0. The summed E-state index contributed by atoms with van der Waals surface area (Å²) in [5, 5.41) is 13.6. The fraction of sp³-hybridized carbons (Fsp3) is 0.364. The first-order valence-corrected chi connectivity index (χ1v) is 10.5. The quantitative estimate of drug-likeness (QED) is 0.470. The molecule has 0 atom stereocenters. The van der Waals surface area contributed by atoms with Gasteiger partial charge in [0.2, 0.25) is 0 Å². The van der Waals surface area contributed by atoms with E-state index in [0.717, 1.165) is 12.1 Å². The SMILES string of the molecule is Cc1nn(C2CCN(Cc3cc(C(F)(F)F)cc(Cl)c3F)CC2)c2cc(F)c(C(=O)O)cc12. The van der Waals surface area contributed by atoms with Gasteiger partial charge in [-0.05, 0) is 38.0 Å². The number of alkyl halides is 3. The molecule has 1 aliphatic rings. The van der Waals surface area contributed by atoms with Crippen molar-refractivity contribution in [1.29, 1.82) is 0 Å². The van der Waals surface area contributed by atoms with E-state index in [1.54, 1.807) is 11.6 Å². The van der Waals surface area contributed by atoms with E-state index in [1.165, 1.54) is 6.07 Å². The zero-order valence-electron chi connectivity index (χ0n) is 17.4. The summed E-state index contributed by atoms with van der Waals surface area (Å²) in [6.45, 7) is 2.58. The van der Waals surface area contributed by atoms with Crippen molar-refractivity contribution in [3.8, 4) is 0 Å². The first-order valence-electron chi connectivity index (χ1n) is 10.1. The van der Waals surface area contributed by atoms with Gasteiger partial charge < -0.3 is 5.11 Å². The highest BCUT2D eigenvalue weighted by atomic mass is 35.5. The number of carboxylic acid groups (broad SMARTS) is 1. The maximum atomic E-state index is 14.4. The number of carbonyl (C=O) groups is 1. The van der Waals surface area contributed by atoms with Crippen LogP contribution in [0.1, 0.15) is 46.1 Å². The van der Waals surface area contributed by atoms with Crippen LogP contribution in [0.4, 0.5) is 22.0 Å². The molecule has 0 radical (unpaired) electrons. The molecule has 1 fully saturated rings. The molecule has 1 aromatic heterocycles. The molecule has 2 heterocycles. The van der Waals surface area contributed by atoms with Gasteiger partial charge in [-0.25, -0.2) is 13.6 Å². The Bertz CT molecular complexity index is 1230. The number of likely N-dealkylation sites (tertiary alicyclic amines) is 1. The predicted octanol–water partition coefficient (Wildman–Crippen LogP) is 5.83. The van der Waals surface area contributed by atoms with Gasteiger partial charge in [0.25, 0.3) is 0 Å². The van der Waals surface area contributed by atoms with Crippen LogP contribution in [-0.4, -0.2) is 38.8 Å². The van der Waals surface area contributed by atoms with Gasteiger partial charge in [-0.3, -0.25) is 9.58 Å². The molecule has 11 heteroatoms.